The van der Waals surface area contributed by atoms with Gasteiger partial charge in [-0.3, -0.25) is 0 Å². The molecule has 0 fully saturated rings. The molecule has 0 heterocycles. The summed E-state index contributed by atoms with van der Waals surface area (Å²) in [6.07, 6.45) is 0.193. The first kappa shape index (κ1) is 23.5. The van der Waals surface area contributed by atoms with E-state index in [1.54, 1.807) is 0 Å². The van der Waals surface area contributed by atoms with E-state index in [4.69, 9.17) is 4.74 Å². The van der Waals surface area contributed by atoms with Crippen LogP contribution in [0.25, 0.3) is 0 Å². The van der Waals surface area contributed by atoms with E-state index in [1.807, 2.05) is 60.7 Å². The smallest absolute Gasteiger partial charge is 0.407 e. The van der Waals surface area contributed by atoms with Crippen LogP contribution in [0, 0.1) is 0 Å². The van der Waals surface area contributed by atoms with Gasteiger partial charge in [0.15, 0.2) is 0 Å². The Morgan fingerprint density at radius 3 is 2.19 bits per heavy atom. The van der Waals surface area contributed by atoms with Crippen LogP contribution in [0.1, 0.15) is 29.2 Å². The van der Waals surface area contributed by atoms with E-state index >= 15 is 0 Å². The van der Waals surface area contributed by atoms with E-state index in [0.717, 1.165) is 17.5 Å². The van der Waals surface area contributed by atoms with Crippen molar-refractivity contribution in [1.29, 1.82) is 0 Å². The number of alkyl carbamates (subject to hydrolysis) is 1. The molecule has 32 heavy (non-hydrogen) atoms. The molecule has 0 radical (unpaired) electrons. The maximum Gasteiger partial charge on any atom is 0.407 e. The summed E-state index contributed by atoms with van der Waals surface area (Å²) < 4.78 is 5.36. The lowest BCUT2D eigenvalue weighted by molar-refractivity contribution is 0.100. The number of rotatable bonds is 11. The summed E-state index contributed by atoms with van der Waals surface area (Å²) in [5, 5.41) is 17.0. The lowest BCUT2D eigenvalue weighted by atomic mass is 10.0. The molecule has 0 spiro atoms. The van der Waals surface area contributed by atoms with Crippen LogP contribution in [-0.4, -0.2) is 29.9 Å². The van der Waals surface area contributed by atoms with E-state index in [-0.39, 0.29) is 6.61 Å². The van der Waals surface area contributed by atoms with Gasteiger partial charge in [0.25, 0.3) is 0 Å². The van der Waals surface area contributed by atoms with Gasteiger partial charge in [-0.2, -0.15) is 0 Å². The molecular weight excluding hydrogens is 400 g/mol. The number of ether oxygens (including phenoxy) is 1. The van der Waals surface area contributed by atoms with Gasteiger partial charge in [-0.1, -0.05) is 91.9 Å². The van der Waals surface area contributed by atoms with Gasteiger partial charge in [-0.15, -0.1) is 0 Å². The molecule has 5 heteroatoms. The lowest BCUT2D eigenvalue weighted by Crippen LogP contribution is -2.48. The third-order valence-electron chi connectivity index (χ3n) is 5.36. The first-order chi connectivity index (χ1) is 15.6. The molecule has 3 aromatic rings. The zero-order valence-corrected chi connectivity index (χ0v) is 18.5. The predicted octanol–water partition coefficient (Wildman–Crippen LogP) is 4.24. The van der Waals surface area contributed by atoms with Crippen molar-refractivity contribution < 1.29 is 14.6 Å². The standard InChI is InChI=1S/C27H32N2O3/c1-2-21-14-9-15-24(16-21)18-28-19-26(30)25(17-22-10-5-3-6-11-22)29-27(31)32-20-23-12-7-4-8-13-23/h3-16,25-26,28,30H,2,17-20H2,1H3,(H,29,31)/t25?,26-/m1/s1. The second kappa shape index (κ2) is 12.6. The minimum Gasteiger partial charge on any atom is -0.445 e. The molecule has 5 nitrogen and oxygen atoms in total. The Morgan fingerprint density at radius 1 is 0.875 bits per heavy atom. The number of hydrogen-bond acceptors (Lipinski definition) is 4. The summed E-state index contributed by atoms with van der Waals surface area (Å²) in [6, 6.07) is 27.3. The Labute approximate surface area is 190 Å². The van der Waals surface area contributed by atoms with Crippen LogP contribution in [0.3, 0.4) is 0 Å². The first-order valence-corrected chi connectivity index (χ1v) is 11.1. The first-order valence-electron chi connectivity index (χ1n) is 11.1. The molecule has 0 saturated carbocycles. The number of carbonyl (C=O) groups is 1. The highest BCUT2D eigenvalue weighted by Crippen LogP contribution is 2.09. The molecule has 168 valence electrons. The largest absolute Gasteiger partial charge is 0.445 e. The summed E-state index contributed by atoms with van der Waals surface area (Å²) >= 11 is 0. The van der Waals surface area contributed by atoms with Crippen molar-refractivity contribution in [3.8, 4) is 0 Å². The molecule has 0 aliphatic heterocycles. The van der Waals surface area contributed by atoms with Gasteiger partial charge in [0.1, 0.15) is 6.61 Å². The SMILES string of the molecule is CCc1cccc(CNC[C@@H](O)C(Cc2ccccc2)NC(=O)OCc2ccccc2)c1. The summed E-state index contributed by atoms with van der Waals surface area (Å²) in [5.74, 6) is 0. The van der Waals surface area contributed by atoms with Crippen LogP contribution >= 0.6 is 0 Å². The predicted molar refractivity (Wildman–Crippen MR) is 127 cm³/mol. The molecule has 3 rings (SSSR count). The van der Waals surface area contributed by atoms with E-state index in [1.165, 1.54) is 11.1 Å². The molecular formula is C27H32N2O3. The Hall–Kier alpha value is -3.15. The molecule has 1 unspecified atom stereocenters. The van der Waals surface area contributed by atoms with Crippen LogP contribution in [0.5, 0.6) is 0 Å². The van der Waals surface area contributed by atoms with Crippen molar-refractivity contribution >= 4 is 6.09 Å². The third kappa shape index (κ3) is 7.84. The van der Waals surface area contributed by atoms with E-state index in [2.05, 4.69) is 41.8 Å². The normalized spacial score (nSPS) is 12.7. The topological polar surface area (TPSA) is 70.6 Å². The zero-order valence-electron chi connectivity index (χ0n) is 18.5. The second-order valence-electron chi connectivity index (χ2n) is 7.87. The van der Waals surface area contributed by atoms with Gasteiger partial charge in [0.2, 0.25) is 0 Å². The van der Waals surface area contributed by atoms with Gasteiger partial charge in [-0.25, -0.2) is 4.79 Å². The molecule has 0 bridgehead atoms. The molecule has 3 N–H and O–H groups in total. The van der Waals surface area contributed by atoms with Crippen molar-refractivity contribution in [2.45, 2.75) is 45.1 Å². The van der Waals surface area contributed by atoms with Crippen LogP contribution in [0.15, 0.2) is 84.9 Å². The minimum absolute atomic E-state index is 0.187. The van der Waals surface area contributed by atoms with Crippen LogP contribution in [0.4, 0.5) is 4.79 Å². The quantitative estimate of drug-likeness (QED) is 0.424. The number of nitrogens with one attached hydrogen (secondary N) is 2. The van der Waals surface area contributed by atoms with Gasteiger partial charge in [0.05, 0.1) is 12.1 Å². The number of aliphatic hydroxyl groups is 1. The number of aryl methyl sites for hydroxylation is 1. The number of amides is 1. The zero-order chi connectivity index (χ0) is 22.6. The van der Waals surface area contributed by atoms with E-state index in [9.17, 15) is 9.90 Å². The fraction of sp³-hybridized carbons (Fsp3) is 0.296. The fourth-order valence-corrected chi connectivity index (χ4v) is 3.53. The summed E-state index contributed by atoms with van der Waals surface area (Å²) in [4.78, 5) is 12.4. The second-order valence-corrected chi connectivity index (χ2v) is 7.87. The Bertz CT molecular complexity index is 947. The molecule has 0 saturated heterocycles. The van der Waals surface area contributed by atoms with Crippen molar-refractivity contribution in [3.05, 3.63) is 107 Å². The molecule has 3 aromatic carbocycles. The van der Waals surface area contributed by atoms with Gasteiger partial charge in [-0.05, 0) is 35.1 Å². The van der Waals surface area contributed by atoms with E-state index in [0.29, 0.717) is 19.5 Å². The lowest BCUT2D eigenvalue weighted by Gasteiger charge is -2.24. The van der Waals surface area contributed by atoms with Gasteiger partial charge >= 0.3 is 6.09 Å². The molecule has 2 atom stereocenters. The highest BCUT2D eigenvalue weighted by Gasteiger charge is 2.22. The maximum atomic E-state index is 12.4. The van der Waals surface area contributed by atoms with Gasteiger partial charge in [0, 0.05) is 13.1 Å². The average molecular weight is 433 g/mol. The van der Waals surface area contributed by atoms with Crippen LogP contribution in [0.2, 0.25) is 0 Å². The number of carbonyl (C=O) groups excluding carboxylic acids is 1. The van der Waals surface area contributed by atoms with Gasteiger partial charge < -0.3 is 20.5 Å². The summed E-state index contributed by atoms with van der Waals surface area (Å²) in [7, 11) is 0. The van der Waals surface area contributed by atoms with Crippen molar-refractivity contribution in [3.63, 3.8) is 0 Å². The average Bonchev–Trinajstić information content (AvgIpc) is 2.83. The summed E-state index contributed by atoms with van der Waals surface area (Å²) in [6.45, 7) is 3.33. The highest BCUT2D eigenvalue weighted by atomic mass is 16.5. The fourth-order valence-electron chi connectivity index (χ4n) is 3.53. The highest BCUT2D eigenvalue weighted by molar-refractivity contribution is 5.67. The van der Waals surface area contributed by atoms with Crippen molar-refractivity contribution in [2.24, 2.45) is 0 Å². The molecule has 0 aromatic heterocycles. The minimum atomic E-state index is -0.770. The number of aliphatic hydroxyl groups excluding tert-OH is 1. The van der Waals surface area contributed by atoms with Crippen molar-refractivity contribution in [1.82, 2.24) is 10.6 Å². The molecule has 0 aliphatic carbocycles. The van der Waals surface area contributed by atoms with Crippen LogP contribution in [-0.2, 0) is 30.7 Å². The molecule has 1 amide bonds. The Morgan fingerprint density at radius 2 is 1.50 bits per heavy atom. The summed E-state index contributed by atoms with van der Waals surface area (Å²) in [5.41, 5.74) is 4.41. The van der Waals surface area contributed by atoms with Crippen molar-refractivity contribution in [2.75, 3.05) is 6.54 Å². The third-order valence-corrected chi connectivity index (χ3v) is 5.36. The maximum absolute atomic E-state index is 12.4. The Balaban J connectivity index is 1.56. The van der Waals surface area contributed by atoms with Crippen LogP contribution < -0.4 is 10.6 Å². The Kier molecular flexibility index (Phi) is 9.29. The number of benzene rings is 3. The molecule has 0 aliphatic rings. The number of hydrogen-bond donors (Lipinski definition) is 3. The van der Waals surface area contributed by atoms with E-state index < -0.39 is 18.2 Å². The monoisotopic (exact) mass is 432 g/mol.